The van der Waals surface area contributed by atoms with Crippen molar-refractivity contribution >= 4 is 22.3 Å². The zero-order chi connectivity index (χ0) is 28.5. The molecule has 7 rings (SSSR count). The molecule has 2 saturated heterocycles. The van der Waals surface area contributed by atoms with Crippen LogP contribution >= 0.6 is 0 Å². The molecule has 0 aromatic heterocycles. The van der Waals surface area contributed by atoms with E-state index < -0.39 is 11.0 Å². The Morgan fingerprint density at radius 3 is 2.41 bits per heavy atom. The summed E-state index contributed by atoms with van der Waals surface area (Å²) < 4.78 is 16.5. The van der Waals surface area contributed by atoms with E-state index in [9.17, 15) is 9.90 Å². The summed E-state index contributed by atoms with van der Waals surface area (Å²) in [6.45, 7) is 0.705. The third kappa shape index (κ3) is 3.24. The van der Waals surface area contributed by atoms with Crippen LogP contribution in [0.4, 0.5) is 0 Å². The van der Waals surface area contributed by atoms with Gasteiger partial charge in [0, 0.05) is 17.2 Å². The monoisotopic (exact) mass is 549 g/mol. The lowest BCUT2D eigenvalue weighted by atomic mass is 9.65. The highest BCUT2D eigenvalue weighted by atomic mass is 16.5. The van der Waals surface area contributed by atoms with Crippen LogP contribution in [0.3, 0.4) is 0 Å². The number of hydrogen-bond acceptors (Lipinski definition) is 7. The number of benzene rings is 4. The summed E-state index contributed by atoms with van der Waals surface area (Å²) in [6.07, 6.45) is 1.89. The molecule has 41 heavy (non-hydrogen) atoms. The highest BCUT2D eigenvalue weighted by Crippen LogP contribution is 2.62. The molecule has 3 aliphatic rings. The van der Waals surface area contributed by atoms with Crippen molar-refractivity contribution in [3.05, 3.63) is 95.1 Å². The second-order valence-electron chi connectivity index (χ2n) is 11.2. The van der Waals surface area contributed by atoms with Crippen LogP contribution in [0, 0.1) is 0 Å². The topological polar surface area (TPSA) is 85.3 Å². The van der Waals surface area contributed by atoms with Crippen molar-refractivity contribution in [2.45, 2.75) is 36.3 Å². The Labute approximate surface area is 238 Å². The van der Waals surface area contributed by atoms with Crippen LogP contribution in [0.2, 0.25) is 0 Å². The van der Waals surface area contributed by atoms with Gasteiger partial charge in [-0.15, -0.1) is 0 Å². The average Bonchev–Trinajstić information content (AvgIpc) is 3.67. The number of phenols is 1. The lowest BCUT2D eigenvalue weighted by Crippen LogP contribution is -2.47. The van der Waals surface area contributed by atoms with Gasteiger partial charge in [0.05, 0.1) is 26.7 Å². The minimum absolute atomic E-state index is 0.00457. The molecule has 0 saturated carbocycles. The number of nitrogens with zero attached hydrogens (tertiary/aromatic N) is 1. The maximum atomic E-state index is 15.1. The summed E-state index contributed by atoms with van der Waals surface area (Å²) in [4.78, 5) is 32.0. The minimum Gasteiger partial charge on any atom is -0.504 e. The van der Waals surface area contributed by atoms with Gasteiger partial charge in [-0.3, -0.25) is 14.5 Å². The summed E-state index contributed by atoms with van der Waals surface area (Å²) in [5, 5.41) is 12.5. The van der Waals surface area contributed by atoms with Crippen LogP contribution in [-0.2, 0) is 11.0 Å². The van der Waals surface area contributed by atoms with Crippen LogP contribution in [0.25, 0.3) is 10.8 Å². The first-order chi connectivity index (χ1) is 19.9. The summed E-state index contributed by atoms with van der Waals surface area (Å²) in [7, 11) is 4.60. The van der Waals surface area contributed by atoms with Crippen molar-refractivity contribution in [3.8, 4) is 23.0 Å². The Morgan fingerprint density at radius 2 is 1.66 bits per heavy atom. The first-order valence-corrected chi connectivity index (χ1v) is 13.9. The van der Waals surface area contributed by atoms with Gasteiger partial charge in [0.15, 0.2) is 34.6 Å². The fraction of sp³-hybridized carbons (Fsp3) is 0.294. The van der Waals surface area contributed by atoms with Gasteiger partial charge in [-0.1, -0.05) is 42.5 Å². The number of aromatic hydroxyl groups is 1. The van der Waals surface area contributed by atoms with Gasteiger partial charge in [0.2, 0.25) is 0 Å². The fourth-order valence-electron chi connectivity index (χ4n) is 7.89. The molecule has 1 N–H and O–H groups in total. The lowest BCUT2D eigenvalue weighted by molar-refractivity contribution is 0.0668. The van der Waals surface area contributed by atoms with E-state index >= 15 is 4.79 Å². The molecule has 1 aliphatic carbocycles. The summed E-state index contributed by atoms with van der Waals surface area (Å²) in [5.41, 5.74) is 0.784. The van der Waals surface area contributed by atoms with Gasteiger partial charge in [0.1, 0.15) is 5.54 Å². The first kappa shape index (κ1) is 25.6. The van der Waals surface area contributed by atoms with E-state index in [0.29, 0.717) is 29.2 Å². The molecule has 3 unspecified atom stereocenters. The van der Waals surface area contributed by atoms with Gasteiger partial charge >= 0.3 is 0 Å². The van der Waals surface area contributed by atoms with Crippen LogP contribution < -0.4 is 14.2 Å². The van der Waals surface area contributed by atoms with E-state index in [0.717, 1.165) is 34.7 Å². The summed E-state index contributed by atoms with van der Waals surface area (Å²) >= 11 is 0. The normalized spacial score (nSPS) is 24.7. The van der Waals surface area contributed by atoms with Crippen LogP contribution in [-0.4, -0.2) is 55.5 Å². The molecule has 2 aliphatic heterocycles. The molecule has 2 heterocycles. The number of carbonyl (C=O) groups is 2. The van der Waals surface area contributed by atoms with E-state index in [4.69, 9.17) is 14.2 Å². The SMILES string of the molecule is COc1cc(C2(C(=O)c3ccc(OC)c(OC)c3)CC3(C(=O)c4cccc5cccc3c45)N3CCCC32)ccc1O. The van der Waals surface area contributed by atoms with E-state index in [1.165, 1.54) is 7.11 Å². The number of ether oxygens (including phenoxy) is 3. The number of hydrogen-bond donors (Lipinski definition) is 1. The number of Topliss-reactive ketones (excluding diaryl/α,β-unsaturated/α-hetero) is 2. The van der Waals surface area contributed by atoms with E-state index in [1.807, 2.05) is 30.3 Å². The van der Waals surface area contributed by atoms with Crippen LogP contribution in [0.5, 0.6) is 23.0 Å². The maximum Gasteiger partial charge on any atom is 0.188 e. The highest BCUT2D eigenvalue weighted by molar-refractivity contribution is 6.21. The number of rotatable bonds is 6. The lowest BCUT2D eigenvalue weighted by Gasteiger charge is -2.35. The molecular formula is C34H31NO6. The maximum absolute atomic E-state index is 15.1. The standard InChI is InChI=1S/C34H31NO6/c1-39-26-15-12-21(17-28(26)41-3)31(37)33(22-13-14-25(36)27(18-22)40-2)19-34(35-16-6-11-29(33)35)24-10-5-8-20-7-4-9-23(30(20)24)32(34)38/h4-5,7-10,12-15,17-18,29,36H,6,11,16,19H2,1-3H3. The molecule has 208 valence electrons. The third-order valence-corrected chi connectivity index (χ3v) is 9.56. The van der Waals surface area contributed by atoms with Crippen molar-refractivity contribution in [1.82, 2.24) is 4.90 Å². The Kier molecular flexibility index (Phi) is 5.67. The molecule has 1 spiro atoms. The zero-order valence-electron chi connectivity index (χ0n) is 23.3. The second-order valence-corrected chi connectivity index (χ2v) is 11.2. The fourth-order valence-corrected chi connectivity index (χ4v) is 7.89. The molecule has 4 aromatic rings. The molecule has 7 nitrogen and oxygen atoms in total. The van der Waals surface area contributed by atoms with Crippen molar-refractivity contribution in [1.29, 1.82) is 0 Å². The van der Waals surface area contributed by atoms with Gasteiger partial charge in [-0.05, 0) is 78.0 Å². The Hall–Kier alpha value is -4.36. The van der Waals surface area contributed by atoms with Crippen molar-refractivity contribution in [2.24, 2.45) is 0 Å². The molecule has 2 fully saturated rings. The molecule has 4 aromatic carbocycles. The Balaban J connectivity index is 1.50. The summed E-state index contributed by atoms with van der Waals surface area (Å²) in [5.74, 6) is 1.22. The molecule has 0 radical (unpaired) electrons. The van der Waals surface area contributed by atoms with Gasteiger partial charge in [-0.2, -0.15) is 0 Å². The number of ketones is 2. The van der Waals surface area contributed by atoms with E-state index in [2.05, 4.69) is 11.0 Å². The predicted octanol–water partition coefficient (Wildman–Crippen LogP) is 5.65. The quantitative estimate of drug-likeness (QED) is 0.311. The van der Waals surface area contributed by atoms with Gasteiger partial charge < -0.3 is 19.3 Å². The molecule has 0 amide bonds. The number of fused-ring (bicyclic) bond motifs is 3. The van der Waals surface area contributed by atoms with Gasteiger partial charge in [-0.25, -0.2) is 0 Å². The number of methoxy groups -OCH3 is 3. The first-order valence-electron chi connectivity index (χ1n) is 13.9. The third-order valence-electron chi connectivity index (χ3n) is 9.56. The number of phenolic OH excluding ortho intramolecular Hbond substituents is 1. The van der Waals surface area contributed by atoms with Gasteiger partial charge in [0.25, 0.3) is 0 Å². The van der Waals surface area contributed by atoms with Crippen molar-refractivity contribution in [3.63, 3.8) is 0 Å². The Morgan fingerprint density at radius 1 is 0.902 bits per heavy atom. The minimum atomic E-state index is -1.10. The molecule has 3 atom stereocenters. The van der Waals surface area contributed by atoms with Crippen molar-refractivity contribution in [2.75, 3.05) is 27.9 Å². The van der Waals surface area contributed by atoms with Crippen LogP contribution in [0.1, 0.15) is 51.1 Å². The van der Waals surface area contributed by atoms with E-state index in [1.54, 1.807) is 50.6 Å². The predicted molar refractivity (Wildman–Crippen MR) is 155 cm³/mol. The number of carbonyl (C=O) groups excluding carboxylic acids is 2. The second kappa shape index (κ2) is 9.08. The largest absolute Gasteiger partial charge is 0.504 e. The molecular weight excluding hydrogens is 518 g/mol. The average molecular weight is 550 g/mol. The molecule has 0 bridgehead atoms. The molecule has 7 heteroatoms. The Bertz CT molecular complexity index is 1740. The van der Waals surface area contributed by atoms with E-state index in [-0.39, 0.29) is 35.5 Å². The van der Waals surface area contributed by atoms with Crippen molar-refractivity contribution < 1.29 is 28.9 Å². The summed E-state index contributed by atoms with van der Waals surface area (Å²) in [6, 6.07) is 22.1. The smallest absolute Gasteiger partial charge is 0.188 e. The zero-order valence-corrected chi connectivity index (χ0v) is 23.3. The van der Waals surface area contributed by atoms with Crippen LogP contribution in [0.15, 0.2) is 72.8 Å². The highest BCUT2D eigenvalue weighted by Gasteiger charge is 2.69.